The van der Waals surface area contributed by atoms with Gasteiger partial charge in [0.15, 0.2) is 5.11 Å². The molecular formula is C43H63N13O8S6. The van der Waals surface area contributed by atoms with Crippen LogP contribution in [0.3, 0.4) is 0 Å². The van der Waals surface area contributed by atoms with Gasteiger partial charge in [-0.2, -0.15) is 0 Å². The van der Waals surface area contributed by atoms with Crippen molar-refractivity contribution in [2.75, 3.05) is 106 Å². The van der Waals surface area contributed by atoms with Crippen LogP contribution in [0.25, 0.3) is 0 Å². The monoisotopic (exact) mass is 1080 g/mol. The summed E-state index contributed by atoms with van der Waals surface area (Å²) in [6.07, 6.45) is 8.68. The quantitative estimate of drug-likeness (QED) is 0.242. The number of fused-ring (bicyclic) bond motifs is 2. The van der Waals surface area contributed by atoms with Crippen LogP contribution in [-0.2, 0) is 31.0 Å². The molecule has 27 heteroatoms. The fourth-order valence-corrected chi connectivity index (χ4v) is 10.3. The summed E-state index contributed by atoms with van der Waals surface area (Å²) in [5.41, 5.74) is 0. The number of hydrogen-bond donors (Lipinski definition) is 0. The Morgan fingerprint density at radius 2 is 0.886 bits per heavy atom. The van der Waals surface area contributed by atoms with E-state index in [4.69, 9.17) is 48.9 Å². The second-order valence-corrected chi connectivity index (χ2v) is 20.1. The van der Waals surface area contributed by atoms with Gasteiger partial charge in [-0.25, -0.2) is 14.4 Å². The van der Waals surface area contributed by atoms with E-state index in [2.05, 4.69) is 10.2 Å². The van der Waals surface area contributed by atoms with E-state index in [9.17, 15) is 38.4 Å². The third-order valence-corrected chi connectivity index (χ3v) is 15.7. The summed E-state index contributed by atoms with van der Waals surface area (Å²) in [5.74, 6) is 2.04. The normalized spacial score (nSPS) is 21.5. The molecule has 0 radical (unpaired) electrons. The van der Waals surface area contributed by atoms with Crippen molar-refractivity contribution in [1.29, 1.82) is 0 Å². The molecule has 384 valence electrons. The lowest BCUT2D eigenvalue weighted by molar-refractivity contribution is -0.143. The zero-order valence-electron chi connectivity index (χ0n) is 41.5. The standard InChI is InChI=1S/C8H9NO2S.C8H9NOS2.C6H10N2O2.3C6H10N2OS.C3H5N3/c1-9-7(10)4-6-5(8(9)11)2-3-12-6;1-9-7(11)4-6-5(8(9)10)2-3-12-6;1-3-8-4-5(9)7(2)6(8)10;2*1-3-8-4-5(10)7(2)6(8)9;1-3-8-4-5(9)7(2)6(8)10;1-6-2-4-5-3-6/h2*4-5H,2-3H2,1H3;4*3-4H2,1-2H3;2-3H,1H3. The third kappa shape index (κ3) is 15.3. The molecule has 6 saturated heterocycles. The van der Waals surface area contributed by atoms with Gasteiger partial charge in [-0.3, -0.25) is 48.5 Å². The molecule has 0 N–H and O–H groups in total. The fraction of sp³-hybridized carbons (Fsp3) is 0.581. The number of nitrogens with zero attached hydrogens (tertiary/aromatic N) is 13. The molecule has 0 aliphatic carbocycles. The average Bonchev–Trinajstić information content (AvgIpc) is 4.25. The molecule has 1 aromatic rings. The predicted octanol–water partition coefficient (Wildman–Crippen LogP) is 3.23. The molecule has 9 rings (SSSR count). The fourth-order valence-electron chi connectivity index (χ4n) is 6.84. The lowest BCUT2D eigenvalue weighted by Crippen LogP contribution is -2.39. The molecule has 11 amide bonds. The SMILES string of the molecule is CCN1CC(=O)N(C)C1=O.CCN1CC(=O)N(C)C1=S.CCN1CC(=S)N(C)C1=O.CCN1CC(=S)N(C)C1=O.CN1C(=O)C2CCSC2=CC1=S.CN1C(=O)C=C2SCCC2C1=O.Cn1cnnc1. The largest absolute Gasteiger partial charge is 0.340 e. The van der Waals surface area contributed by atoms with Crippen LogP contribution >= 0.6 is 72.4 Å². The van der Waals surface area contributed by atoms with Crippen molar-refractivity contribution in [1.82, 2.24) is 63.8 Å². The third-order valence-electron chi connectivity index (χ3n) is 11.6. The summed E-state index contributed by atoms with van der Waals surface area (Å²) in [4.78, 5) is 109. The summed E-state index contributed by atoms with van der Waals surface area (Å²) in [5, 5.41) is 7.72. The highest BCUT2D eigenvalue weighted by molar-refractivity contribution is 8.03. The van der Waals surface area contributed by atoms with E-state index in [-0.39, 0.29) is 66.0 Å². The highest BCUT2D eigenvalue weighted by Gasteiger charge is 2.38. The Balaban J connectivity index is 0.000000218. The van der Waals surface area contributed by atoms with Crippen molar-refractivity contribution in [3.63, 3.8) is 0 Å². The first-order valence-corrected chi connectivity index (χ1v) is 25.9. The van der Waals surface area contributed by atoms with Gasteiger partial charge in [0.2, 0.25) is 23.6 Å². The number of carbonyl (C=O) groups excluding carboxylic acids is 8. The van der Waals surface area contributed by atoms with Gasteiger partial charge in [-0.05, 0) is 70.3 Å². The first kappa shape index (κ1) is 59.3. The lowest BCUT2D eigenvalue weighted by atomic mass is 10.0. The number of thiocarbonyl (C=S) groups is 4. The van der Waals surface area contributed by atoms with Crippen LogP contribution in [0.5, 0.6) is 0 Å². The first-order valence-electron chi connectivity index (χ1n) is 22.3. The van der Waals surface area contributed by atoms with Gasteiger partial charge in [0.1, 0.15) is 34.2 Å². The van der Waals surface area contributed by atoms with Crippen molar-refractivity contribution in [3.8, 4) is 0 Å². The number of carbonyl (C=O) groups is 8. The summed E-state index contributed by atoms with van der Waals surface area (Å²) in [6.45, 7) is 12.5. The maximum absolute atomic E-state index is 11.6. The smallest absolute Gasteiger partial charge is 0.326 e. The molecule has 0 aromatic carbocycles. The van der Waals surface area contributed by atoms with E-state index >= 15 is 0 Å². The van der Waals surface area contributed by atoms with E-state index in [1.165, 1.54) is 36.5 Å². The second-order valence-electron chi connectivity index (χ2n) is 16.1. The first-order chi connectivity index (χ1) is 32.9. The Morgan fingerprint density at radius 3 is 1.19 bits per heavy atom. The van der Waals surface area contributed by atoms with Crippen LogP contribution in [0.1, 0.15) is 40.5 Å². The Labute approximate surface area is 439 Å². The van der Waals surface area contributed by atoms with E-state index in [1.807, 2.05) is 45.7 Å². The van der Waals surface area contributed by atoms with Crippen molar-refractivity contribution < 1.29 is 38.4 Å². The zero-order chi connectivity index (χ0) is 52.7. The number of urea groups is 3. The molecule has 0 bridgehead atoms. The van der Waals surface area contributed by atoms with Crippen LogP contribution in [-0.4, -0.2) is 238 Å². The zero-order valence-corrected chi connectivity index (χ0v) is 46.4. The summed E-state index contributed by atoms with van der Waals surface area (Å²) < 4.78 is 1.78. The maximum Gasteiger partial charge on any atom is 0.326 e. The molecule has 70 heavy (non-hydrogen) atoms. The molecule has 0 spiro atoms. The minimum absolute atomic E-state index is 0.0160. The van der Waals surface area contributed by atoms with Gasteiger partial charge in [-0.15, -0.1) is 33.7 Å². The van der Waals surface area contributed by atoms with Crippen LogP contribution in [0.15, 0.2) is 34.6 Å². The number of likely N-dealkylation sites (N-methyl/N-ethyl adjacent to an activating group) is 10. The number of imide groups is 2. The molecule has 0 saturated carbocycles. The molecule has 2 atom stereocenters. The maximum atomic E-state index is 11.6. The van der Waals surface area contributed by atoms with Crippen LogP contribution < -0.4 is 0 Å². The van der Waals surface area contributed by atoms with E-state index < -0.39 is 0 Å². The molecule has 2 unspecified atom stereocenters. The Hall–Kier alpha value is -4.96. The minimum Gasteiger partial charge on any atom is -0.340 e. The number of amides is 11. The number of thioether (sulfide) groups is 2. The molecule has 8 aliphatic heterocycles. The Morgan fingerprint density at radius 1 is 0.500 bits per heavy atom. The summed E-state index contributed by atoms with van der Waals surface area (Å²) >= 11 is 23.3. The van der Waals surface area contributed by atoms with Gasteiger partial charge in [0, 0.05) is 91.4 Å². The molecule has 1 aromatic heterocycles. The summed E-state index contributed by atoms with van der Waals surface area (Å²) in [7, 11) is 11.8. The average molecular weight is 1080 g/mol. The second kappa shape index (κ2) is 27.6. The minimum atomic E-state index is -0.187. The van der Waals surface area contributed by atoms with Crippen LogP contribution in [0.2, 0.25) is 0 Å². The van der Waals surface area contributed by atoms with Crippen molar-refractivity contribution in [3.05, 3.63) is 34.6 Å². The van der Waals surface area contributed by atoms with Crippen LogP contribution in [0.4, 0.5) is 14.4 Å². The predicted molar refractivity (Wildman–Crippen MR) is 285 cm³/mol. The molecule has 8 aliphatic rings. The van der Waals surface area contributed by atoms with Gasteiger partial charge < -0.3 is 29.1 Å². The molecular weight excluding hydrogens is 1020 g/mol. The Kier molecular flexibility index (Phi) is 23.4. The van der Waals surface area contributed by atoms with Crippen LogP contribution in [0, 0.1) is 11.8 Å². The van der Waals surface area contributed by atoms with Gasteiger partial charge in [0.25, 0.3) is 5.91 Å². The van der Waals surface area contributed by atoms with E-state index in [0.29, 0.717) is 46.3 Å². The van der Waals surface area contributed by atoms with Gasteiger partial charge in [-0.1, -0.05) is 36.7 Å². The summed E-state index contributed by atoms with van der Waals surface area (Å²) in [6, 6.07) is -0.146. The van der Waals surface area contributed by atoms with Crippen molar-refractivity contribution in [2.24, 2.45) is 18.9 Å². The molecule has 21 nitrogen and oxygen atoms in total. The Bertz CT molecular complexity index is 2040. The number of aromatic nitrogens is 3. The highest BCUT2D eigenvalue weighted by Crippen LogP contribution is 2.40. The van der Waals surface area contributed by atoms with E-state index in [0.717, 1.165) is 53.8 Å². The number of rotatable bonds is 4. The van der Waals surface area contributed by atoms with Crippen molar-refractivity contribution >= 4 is 140 Å². The number of hydrogen-bond acceptors (Lipinski definition) is 16. The lowest BCUT2D eigenvalue weighted by Gasteiger charge is -2.25. The highest BCUT2D eigenvalue weighted by atomic mass is 32.2. The molecule has 6 fully saturated rings. The van der Waals surface area contributed by atoms with Gasteiger partial charge in [0.05, 0.1) is 31.5 Å². The van der Waals surface area contributed by atoms with E-state index in [1.54, 1.807) is 96.8 Å². The van der Waals surface area contributed by atoms with Crippen molar-refractivity contribution in [2.45, 2.75) is 40.5 Å². The molecule has 9 heterocycles. The topological polar surface area (TPSA) is 200 Å². The van der Waals surface area contributed by atoms with Gasteiger partial charge >= 0.3 is 18.1 Å². The number of aryl methyl sites for hydroxylation is 1.